The van der Waals surface area contributed by atoms with Crippen LogP contribution >= 0.6 is 0 Å². The highest BCUT2D eigenvalue weighted by atomic mass is 16.8. The van der Waals surface area contributed by atoms with Gasteiger partial charge >= 0.3 is 5.97 Å². The van der Waals surface area contributed by atoms with Gasteiger partial charge in [0, 0.05) is 12.5 Å². The smallest absolute Gasteiger partial charge is 0.332 e. The topological polar surface area (TPSA) is 113 Å². The normalized spacial score (nSPS) is 29.6. The lowest BCUT2D eigenvalue weighted by molar-refractivity contribution is -0.351. The zero-order valence-electron chi connectivity index (χ0n) is 19.0. The number of amides is 1. The third-order valence-electron chi connectivity index (χ3n) is 5.75. The molecule has 2 aromatic rings. The Labute approximate surface area is 197 Å². The standard InChI is InChI=1S/C25H29NO8/c1-15(23(28)29)32-22-20(26-16(2)27)25(30-13-17-9-5-3-6-10-17)33-19-14-31-24(34-21(19)22)18-11-7-4-8-12-18/h3-12,15,19-22,24-25H,13-14H2,1-2H3,(H,26,27)(H,28,29)/t15-,19-,20-,21+,22-,24-,25+/m1/s1. The molecule has 7 atom stereocenters. The molecular weight excluding hydrogens is 442 g/mol. The van der Waals surface area contributed by atoms with Crippen molar-refractivity contribution in [2.45, 2.75) is 63.5 Å². The second kappa shape index (κ2) is 11.1. The minimum absolute atomic E-state index is 0.184. The number of carbonyl (C=O) groups is 2. The van der Waals surface area contributed by atoms with E-state index < -0.39 is 49.0 Å². The van der Waals surface area contributed by atoms with Gasteiger partial charge in [-0.25, -0.2) is 4.79 Å². The van der Waals surface area contributed by atoms with Gasteiger partial charge in [-0.3, -0.25) is 4.79 Å². The first-order valence-corrected chi connectivity index (χ1v) is 11.2. The summed E-state index contributed by atoms with van der Waals surface area (Å²) in [7, 11) is 0. The van der Waals surface area contributed by atoms with E-state index in [1.807, 2.05) is 60.7 Å². The number of aliphatic carboxylic acids is 1. The van der Waals surface area contributed by atoms with Gasteiger partial charge in [0.05, 0.1) is 13.2 Å². The van der Waals surface area contributed by atoms with E-state index in [-0.39, 0.29) is 19.1 Å². The first-order chi connectivity index (χ1) is 16.4. The van der Waals surface area contributed by atoms with E-state index in [1.54, 1.807) is 0 Å². The summed E-state index contributed by atoms with van der Waals surface area (Å²) in [6.45, 7) is 3.22. The molecule has 9 heteroatoms. The number of carboxylic acid groups (broad SMARTS) is 1. The van der Waals surface area contributed by atoms with Crippen LogP contribution in [0.25, 0.3) is 0 Å². The molecule has 4 rings (SSSR count). The average molecular weight is 472 g/mol. The van der Waals surface area contributed by atoms with Crippen molar-refractivity contribution in [3.05, 3.63) is 71.8 Å². The van der Waals surface area contributed by atoms with Gasteiger partial charge in [-0.05, 0) is 12.5 Å². The molecule has 0 aliphatic carbocycles. The number of hydrogen-bond donors (Lipinski definition) is 2. The van der Waals surface area contributed by atoms with Gasteiger partial charge < -0.3 is 34.1 Å². The van der Waals surface area contributed by atoms with Crippen LogP contribution in [0.5, 0.6) is 0 Å². The van der Waals surface area contributed by atoms with Crippen molar-refractivity contribution in [2.24, 2.45) is 0 Å². The molecule has 182 valence electrons. The molecule has 9 nitrogen and oxygen atoms in total. The molecule has 0 radical (unpaired) electrons. The van der Waals surface area contributed by atoms with E-state index in [1.165, 1.54) is 13.8 Å². The molecule has 2 aliphatic rings. The summed E-state index contributed by atoms with van der Waals surface area (Å²) >= 11 is 0. The van der Waals surface area contributed by atoms with Crippen LogP contribution in [-0.4, -0.2) is 60.3 Å². The summed E-state index contributed by atoms with van der Waals surface area (Å²) in [5.74, 6) is -1.46. The quantitative estimate of drug-likeness (QED) is 0.604. The van der Waals surface area contributed by atoms with Crippen LogP contribution in [-0.2, 0) is 39.9 Å². The predicted molar refractivity (Wildman–Crippen MR) is 119 cm³/mol. The van der Waals surface area contributed by atoms with Gasteiger partial charge in [-0.2, -0.15) is 0 Å². The second-order valence-electron chi connectivity index (χ2n) is 8.32. The number of benzene rings is 2. The number of carboxylic acids is 1. The largest absolute Gasteiger partial charge is 0.479 e. The van der Waals surface area contributed by atoms with Gasteiger partial charge in [0.25, 0.3) is 0 Å². The maximum absolute atomic E-state index is 12.1. The van der Waals surface area contributed by atoms with Crippen molar-refractivity contribution in [1.29, 1.82) is 0 Å². The summed E-state index contributed by atoms with van der Waals surface area (Å²) < 4.78 is 30.3. The summed E-state index contributed by atoms with van der Waals surface area (Å²) in [4.78, 5) is 23.7. The van der Waals surface area contributed by atoms with Gasteiger partial charge in [-0.15, -0.1) is 0 Å². The number of carbonyl (C=O) groups excluding carboxylic acids is 1. The lowest BCUT2D eigenvalue weighted by Crippen LogP contribution is -2.67. The number of fused-ring (bicyclic) bond motifs is 1. The van der Waals surface area contributed by atoms with Crippen LogP contribution in [0.4, 0.5) is 0 Å². The maximum Gasteiger partial charge on any atom is 0.332 e. The van der Waals surface area contributed by atoms with Crippen molar-refractivity contribution in [1.82, 2.24) is 5.32 Å². The van der Waals surface area contributed by atoms with Gasteiger partial charge in [-0.1, -0.05) is 60.7 Å². The van der Waals surface area contributed by atoms with Crippen LogP contribution in [0.15, 0.2) is 60.7 Å². The van der Waals surface area contributed by atoms with Gasteiger partial charge in [0.15, 0.2) is 18.7 Å². The average Bonchev–Trinajstić information content (AvgIpc) is 2.84. The molecule has 2 aliphatic heterocycles. The van der Waals surface area contributed by atoms with E-state index in [9.17, 15) is 14.7 Å². The van der Waals surface area contributed by atoms with Crippen LogP contribution in [0.3, 0.4) is 0 Å². The Hall–Kier alpha value is -2.82. The first kappa shape index (κ1) is 24.3. The first-order valence-electron chi connectivity index (χ1n) is 11.2. The van der Waals surface area contributed by atoms with E-state index in [2.05, 4.69) is 5.32 Å². The Morgan fingerprint density at radius 2 is 1.76 bits per heavy atom. The SMILES string of the molecule is CC(=O)N[C@H]1[C@@H](OCc2ccccc2)O[C@@H]2CO[C@@H](c3ccccc3)O[C@@H]2[C@@H]1O[C@H](C)C(=O)O. The molecule has 0 saturated carbocycles. The van der Waals surface area contributed by atoms with E-state index in [4.69, 9.17) is 23.7 Å². The Morgan fingerprint density at radius 3 is 2.41 bits per heavy atom. The molecule has 0 bridgehead atoms. The van der Waals surface area contributed by atoms with Crippen molar-refractivity contribution >= 4 is 11.9 Å². The molecule has 0 unspecified atom stereocenters. The van der Waals surface area contributed by atoms with E-state index >= 15 is 0 Å². The Kier molecular flexibility index (Phi) is 7.91. The molecule has 0 aromatic heterocycles. The molecule has 2 aromatic carbocycles. The molecular formula is C25H29NO8. The molecule has 1 amide bonds. The minimum atomic E-state index is -1.14. The highest BCUT2D eigenvalue weighted by molar-refractivity contribution is 5.73. The third kappa shape index (κ3) is 5.81. The molecule has 0 spiro atoms. The highest BCUT2D eigenvalue weighted by Gasteiger charge is 2.52. The van der Waals surface area contributed by atoms with Crippen LogP contribution < -0.4 is 5.32 Å². The fourth-order valence-electron chi connectivity index (χ4n) is 4.09. The van der Waals surface area contributed by atoms with Crippen molar-refractivity contribution < 1.29 is 38.4 Å². The van der Waals surface area contributed by atoms with Crippen LogP contribution in [0, 0.1) is 0 Å². The summed E-state index contributed by atoms with van der Waals surface area (Å²) in [5, 5.41) is 12.3. The van der Waals surface area contributed by atoms with Crippen molar-refractivity contribution in [3.63, 3.8) is 0 Å². The fraction of sp³-hybridized carbons (Fsp3) is 0.440. The fourth-order valence-corrected chi connectivity index (χ4v) is 4.09. The summed E-state index contributed by atoms with van der Waals surface area (Å²) in [5.41, 5.74) is 1.73. The maximum atomic E-state index is 12.1. The molecule has 34 heavy (non-hydrogen) atoms. The summed E-state index contributed by atoms with van der Waals surface area (Å²) in [6.07, 6.45) is -4.87. The van der Waals surface area contributed by atoms with Crippen molar-refractivity contribution in [3.8, 4) is 0 Å². The van der Waals surface area contributed by atoms with Gasteiger partial charge in [0.2, 0.25) is 5.91 Å². The number of nitrogens with one attached hydrogen (secondary N) is 1. The van der Waals surface area contributed by atoms with Crippen LogP contribution in [0.1, 0.15) is 31.3 Å². The Balaban J connectivity index is 1.59. The minimum Gasteiger partial charge on any atom is -0.479 e. The second-order valence-corrected chi connectivity index (χ2v) is 8.32. The number of rotatable bonds is 8. The van der Waals surface area contributed by atoms with E-state index in [0.717, 1.165) is 11.1 Å². The van der Waals surface area contributed by atoms with Gasteiger partial charge in [0.1, 0.15) is 24.4 Å². The Bertz CT molecular complexity index is 956. The lowest BCUT2D eigenvalue weighted by atomic mass is 9.95. The molecule has 2 heterocycles. The molecule has 2 N–H and O–H groups in total. The zero-order chi connectivity index (χ0) is 24.1. The third-order valence-corrected chi connectivity index (χ3v) is 5.75. The highest BCUT2D eigenvalue weighted by Crippen LogP contribution is 2.36. The number of hydrogen-bond acceptors (Lipinski definition) is 7. The zero-order valence-corrected chi connectivity index (χ0v) is 19.0. The monoisotopic (exact) mass is 471 g/mol. The molecule has 2 saturated heterocycles. The van der Waals surface area contributed by atoms with Crippen molar-refractivity contribution in [2.75, 3.05) is 6.61 Å². The van der Waals surface area contributed by atoms with Crippen LogP contribution in [0.2, 0.25) is 0 Å². The Morgan fingerprint density at radius 1 is 1.09 bits per heavy atom. The van der Waals surface area contributed by atoms with E-state index in [0.29, 0.717) is 0 Å². The molecule has 2 fully saturated rings. The predicted octanol–water partition coefficient (Wildman–Crippen LogP) is 2.41. The summed E-state index contributed by atoms with van der Waals surface area (Å²) in [6, 6.07) is 18.1. The lowest BCUT2D eigenvalue weighted by Gasteiger charge is -2.49. The number of ether oxygens (including phenoxy) is 5.